The summed E-state index contributed by atoms with van der Waals surface area (Å²) in [5, 5.41) is 3.99. The highest BCUT2D eigenvalue weighted by molar-refractivity contribution is 9.10. The molecule has 5 heteroatoms. The quantitative estimate of drug-likeness (QED) is 0.850. The van der Waals surface area contributed by atoms with Crippen LogP contribution in [0.5, 0.6) is 0 Å². The largest absolute Gasteiger partial charge is 0.371 e. The minimum absolute atomic E-state index is 0.0422. The van der Waals surface area contributed by atoms with E-state index >= 15 is 0 Å². The summed E-state index contributed by atoms with van der Waals surface area (Å²) in [6.07, 6.45) is 0.0422. The zero-order valence-electron chi connectivity index (χ0n) is 9.91. The number of rotatable bonds is 2. The number of hydrogen-bond donors (Lipinski definition) is 1. The van der Waals surface area contributed by atoms with Crippen molar-refractivity contribution in [2.45, 2.75) is 26.0 Å². The SMILES string of the molecule is CC(C)C1NCCOC1c1cc(Cl)nc(Br)c1. The molecule has 1 aliphatic heterocycles. The number of morpholine rings is 1. The molecule has 2 rings (SSSR count). The first-order valence-corrected chi connectivity index (χ1v) is 6.93. The number of aromatic nitrogens is 1. The molecule has 2 unspecified atom stereocenters. The fourth-order valence-corrected chi connectivity index (χ4v) is 2.93. The van der Waals surface area contributed by atoms with E-state index in [4.69, 9.17) is 16.3 Å². The van der Waals surface area contributed by atoms with Crippen molar-refractivity contribution in [3.05, 3.63) is 27.5 Å². The molecule has 0 aromatic carbocycles. The molecule has 1 saturated heterocycles. The number of nitrogens with zero attached hydrogens (tertiary/aromatic N) is 1. The van der Waals surface area contributed by atoms with Crippen LogP contribution in [-0.2, 0) is 4.74 Å². The molecule has 0 bridgehead atoms. The predicted octanol–water partition coefficient (Wildman–Crippen LogP) is 3.18. The Bertz CT molecular complexity index is 380. The molecular weight excluding hydrogens is 304 g/mol. The number of nitrogens with one attached hydrogen (secondary N) is 1. The molecule has 2 heterocycles. The van der Waals surface area contributed by atoms with E-state index < -0.39 is 0 Å². The lowest BCUT2D eigenvalue weighted by Gasteiger charge is -2.35. The fraction of sp³-hybridized carbons (Fsp3) is 0.583. The molecule has 1 N–H and O–H groups in total. The summed E-state index contributed by atoms with van der Waals surface area (Å²) in [5.41, 5.74) is 1.07. The van der Waals surface area contributed by atoms with Gasteiger partial charge in [-0.15, -0.1) is 0 Å². The van der Waals surface area contributed by atoms with Gasteiger partial charge in [0.25, 0.3) is 0 Å². The molecule has 17 heavy (non-hydrogen) atoms. The van der Waals surface area contributed by atoms with Gasteiger partial charge in [-0.1, -0.05) is 25.4 Å². The second-order valence-corrected chi connectivity index (χ2v) is 5.76. The van der Waals surface area contributed by atoms with Gasteiger partial charge in [0.1, 0.15) is 9.76 Å². The third-order valence-corrected chi connectivity index (χ3v) is 3.54. The Labute approximate surface area is 115 Å². The van der Waals surface area contributed by atoms with Crippen molar-refractivity contribution in [3.8, 4) is 0 Å². The average molecular weight is 320 g/mol. The monoisotopic (exact) mass is 318 g/mol. The summed E-state index contributed by atoms with van der Waals surface area (Å²) in [5.74, 6) is 0.506. The third-order valence-electron chi connectivity index (χ3n) is 2.94. The molecule has 0 radical (unpaired) electrons. The topological polar surface area (TPSA) is 34.1 Å². The first kappa shape index (κ1) is 13.3. The van der Waals surface area contributed by atoms with Gasteiger partial charge in [0.2, 0.25) is 0 Å². The third kappa shape index (κ3) is 3.19. The highest BCUT2D eigenvalue weighted by Crippen LogP contribution is 2.30. The van der Waals surface area contributed by atoms with Crippen LogP contribution in [-0.4, -0.2) is 24.2 Å². The highest BCUT2D eigenvalue weighted by Gasteiger charge is 2.29. The van der Waals surface area contributed by atoms with Crippen molar-refractivity contribution in [2.75, 3.05) is 13.2 Å². The van der Waals surface area contributed by atoms with Crippen LogP contribution in [0.25, 0.3) is 0 Å². The Hall–Kier alpha value is -0.160. The van der Waals surface area contributed by atoms with E-state index in [0.717, 1.165) is 23.3 Å². The average Bonchev–Trinajstić information content (AvgIpc) is 2.27. The molecule has 0 saturated carbocycles. The van der Waals surface area contributed by atoms with Crippen molar-refractivity contribution in [1.82, 2.24) is 10.3 Å². The zero-order chi connectivity index (χ0) is 12.4. The zero-order valence-corrected chi connectivity index (χ0v) is 12.3. The van der Waals surface area contributed by atoms with E-state index in [1.807, 2.05) is 12.1 Å². The van der Waals surface area contributed by atoms with Gasteiger partial charge >= 0.3 is 0 Å². The van der Waals surface area contributed by atoms with Crippen LogP contribution in [0.15, 0.2) is 16.7 Å². The van der Waals surface area contributed by atoms with E-state index in [9.17, 15) is 0 Å². The fourth-order valence-electron chi connectivity index (χ4n) is 2.16. The van der Waals surface area contributed by atoms with Crippen molar-refractivity contribution < 1.29 is 4.74 Å². The number of pyridine rings is 1. The lowest BCUT2D eigenvalue weighted by atomic mass is 9.93. The number of ether oxygens (including phenoxy) is 1. The number of halogens is 2. The summed E-state index contributed by atoms with van der Waals surface area (Å²) < 4.78 is 6.63. The van der Waals surface area contributed by atoms with Crippen LogP contribution in [0, 0.1) is 5.92 Å². The van der Waals surface area contributed by atoms with Crippen LogP contribution < -0.4 is 5.32 Å². The van der Waals surface area contributed by atoms with Gasteiger partial charge in [-0.05, 0) is 39.5 Å². The lowest BCUT2D eigenvalue weighted by molar-refractivity contribution is -0.0185. The molecule has 0 spiro atoms. The molecule has 1 aromatic rings. The van der Waals surface area contributed by atoms with Gasteiger partial charge in [0.05, 0.1) is 12.7 Å². The van der Waals surface area contributed by atoms with Crippen LogP contribution in [0.3, 0.4) is 0 Å². The van der Waals surface area contributed by atoms with Crippen LogP contribution >= 0.6 is 27.5 Å². The van der Waals surface area contributed by atoms with Crippen molar-refractivity contribution in [1.29, 1.82) is 0 Å². The lowest BCUT2D eigenvalue weighted by Crippen LogP contribution is -2.46. The van der Waals surface area contributed by atoms with Gasteiger partial charge in [0.15, 0.2) is 0 Å². The summed E-state index contributed by atoms with van der Waals surface area (Å²) in [6.45, 7) is 6.01. The Morgan fingerprint density at radius 2 is 2.29 bits per heavy atom. The first-order valence-electron chi connectivity index (χ1n) is 5.76. The van der Waals surface area contributed by atoms with E-state index in [2.05, 4.69) is 40.1 Å². The minimum Gasteiger partial charge on any atom is -0.371 e. The minimum atomic E-state index is 0.0422. The maximum Gasteiger partial charge on any atom is 0.130 e. The molecule has 3 nitrogen and oxygen atoms in total. The molecule has 2 atom stereocenters. The summed E-state index contributed by atoms with van der Waals surface area (Å²) in [6, 6.07) is 4.16. The van der Waals surface area contributed by atoms with E-state index in [-0.39, 0.29) is 6.10 Å². The van der Waals surface area contributed by atoms with Crippen LogP contribution in [0.2, 0.25) is 5.15 Å². The summed E-state index contributed by atoms with van der Waals surface area (Å²) >= 11 is 9.34. The number of hydrogen-bond acceptors (Lipinski definition) is 3. The molecule has 94 valence electrons. The first-order chi connectivity index (χ1) is 8.08. The second-order valence-electron chi connectivity index (χ2n) is 4.56. The maximum absolute atomic E-state index is 5.98. The second kappa shape index (κ2) is 5.65. The molecule has 0 aliphatic carbocycles. The smallest absolute Gasteiger partial charge is 0.130 e. The normalized spacial score (nSPS) is 25.2. The van der Waals surface area contributed by atoms with Gasteiger partial charge in [-0.2, -0.15) is 0 Å². The van der Waals surface area contributed by atoms with Gasteiger partial charge in [-0.3, -0.25) is 0 Å². The molecule has 0 amide bonds. The molecular formula is C12H16BrClN2O. The molecule has 1 aromatic heterocycles. The van der Waals surface area contributed by atoms with Gasteiger partial charge < -0.3 is 10.1 Å². The molecule has 1 fully saturated rings. The summed E-state index contributed by atoms with van der Waals surface area (Å²) in [4.78, 5) is 4.11. The Balaban J connectivity index is 2.29. The Morgan fingerprint density at radius 1 is 1.53 bits per heavy atom. The van der Waals surface area contributed by atoms with Gasteiger partial charge in [-0.25, -0.2) is 4.98 Å². The Morgan fingerprint density at radius 3 is 2.94 bits per heavy atom. The van der Waals surface area contributed by atoms with Crippen molar-refractivity contribution in [3.63, 3.8) is 0 Å². The standard InChI is InChI=1S/C12H16BrClN2O/c1-7(2)11-12(17-4-3-15-11)8-5-9(13)16-10(14)6-8/h5-7,11-12,15H,3-4H2,1-2H3. The van der Waals surface area contributed by atoms with Crippen molar-refractivity contribution >= 4 is 27.5 Å². The van der Waals surface area contributed by atoms with E-state index in [1.165, 1.54) is 0 Å². The highest BCUT2D eigenvalue weighted by atomic mass is 79.9. The Kier molecular flexibility index (Phi) is 4.42. The van der Waals surface area contributed by atoms with Crippen molar-refractivity contribution in [2.24, 2.45) is 5.92 Å². The predicted molar refractivity (Wildman–Crippen MR) is 72.3 cm³/mol. The van der Waals surface area contributed by atoms with Crippen LogP contribution in [0.4, 0.5) is 0 Å². The molecule has 1 aliphatic rings. The summed E-state index contributed by atoms with van der Waals surface area (Å²) in [7, 11) is 0. The maximum atomic E-state index is 5.98. The van der Waals surface area contributed by atoms with E-state index in [1.54, 1.807) is 0 Å². The van der Waals surface area contributed by atoms with E-state index in [0.29, 0.717) is 17.1 Å². The van der Waals surface area contributed by atoms with Crippen LogP contribution in [0.1, 0.15) is 25.5 Å². The van der Waals surface area contributed by atoms with Gasteiger partial charge in [0, 0.05) is 12.6 Å².